The van der Waals surface area contributed by atoms with E-state index in [0.29, 0.717) is 5.69 Å². The largest absolute Gasteiger partial charge is 0.376 e. The molecule has 6 nitrogen and oxygen atoms in total. The van der Waals surface area contributed by atoms with E-state index in [1.54, 1.807) is 11.0 Å². The molecular formula is C32H40FN5O. The smallest absolute Gasteiger partial charge is 0.328 e. The number of anilines is 2. The number of fused-ring (bicyclic) bond motifs is 1. The maximum absolute atomic E-state index is 14.3. The number of hydrogen-bond donors (Lipinski definition) is 2. The number of piperidine rings is 1. The van der Waals surface area contributed by atoms with E-state index in [-0.39, 0.29) is 29.5 Å². The van der Waals surface area contributed by atoms with Crippen molar-refractivity contribution in [3.8, 4) is 0 Å². The number of urea groups is 1. The lowest BCUT2D eigenvalue weighted by molar-refractivity contribution is 0.123. The lowest BCUT2D eigenvalue weighted by atomic mass is 9.81. The minimum Gasteiger partial charge on any atom is -0.376 e. The maximum Gasteiger partial charge on any atom is 0.328 e. The molecule has 4 aliphatic rings. The van der Waals surface area contributed by atoms with E-state index in [4.69, 9.17) is 4.99 Å². The summed E-state index contributed by atoms with van der Waals surface area (Å²) >= 11 is 0. The van der Waals surface area contributed by atoms with E-state index in [2.05, 4.69) is 66.7 Å². The van der Waals surface area contributed by atoms with Crippen molar-refractivity contribution < 1.29 is 9.18 Å². The number of amidine groups is 1. The summed E-state index contributed by atoms with van der Waals surface area (Å²) in [4.78, 5) is 22.9. The highest BCUT2D eigenvalue weighted by atomic mass is 19.1. The zero-order valence-corrected chi connectivity index (χ0v) is 23.3. The van der Waals surface area contributed by atoms with Crippen molar-refractivity contribution in [3.05, 3.63) is 65.5 Å². The van der Waals surface area contributed by atoms with Gasteiger partial charge in [0.2, 0.25) is 0 Å². The van der Waals surface area contributed by atoms with Crippen LogP contribution in [-0.4, -0.2) is 46.5 Å². The van der Waals surface area contributed by atoms with Crippen molar-refractivity contribution >= 4 is 29.3 Å². The predicted octanol–water partition coefficient (Wildman–Crippen LogP) is 6.73. The molecule has 206 valence electrons. The zero-order valence-electron chi connectivity index (χ0n) is 23.3. The van der Waals surface area contributed by atoms with Crippen LogP contribution in [0.5, 0.6) is 0 Å². The lowest BCUT2D eigenvalue weighted by Gasteiger charge is -2.47. The number of carbonyl (C=O) groups is 1. The molecule has 3 aliphatic heterocycles. The topological polar surface area (TPSA) is 60.0 Å². The van der Waals surface area contributed by atoms with Crippen LogP contribution in [0.25, 0.3) is 6.08 Å². The standard InChI is InChI=1S/C32H40FN5O/c1-22-20-32(16-17-37(22)21-23-12-13-28-24(18-23)14-15-31(2,3)36-28)29(34-26-9-5-4-6-10-26)35-30(39)38(32)27-11-7-8-25(33)19-27/h7-8,11-15,18-19,22,26,36H,4-6,9-10,16-17,20-21H2,1-3H3,(H,34,35,39)/t22-,32+/m0/s1. The predicted molar refractivity (Wildman–Crippen MR) is 157 cm³/mol. The van der Waals surface area contributed by atoms with Gasteiger partial charge in [-0.2, -0.15) is 0 Å². The Morgan fingerprint density at radius 2 is 1.92 bits per heavy atom. The van der Waals surface area contributed by atoms with Crippen molar-refractivity contribution in [2.45, 2.75) is 95.4 Å². The normalized spacial score (nSPS) is 28.0. The Morgan fingerprint density at radius 3 is 2.69 bits per heavy atom. The molecule has 2 atom stereocenters. The van der Waals surface area contributed by atoms with Gasteiger partial charge in [0.15, 0.2) is 0 Å². The quantitative estimate of drug-likeness (QED) is 0.462. The first-order valence-corrected chi connectivity index (χ1v) is 14.5. The van der Waals surface area contributed by atoms with E-state index >= 15 is 0 Å². The highest BCUT2D eigenvalue weighted by Crippen LogP contribution is 2.41. The van der Waals surface area contributed by atoms with Gasteiger partial charge in [-0.05, 0) is 87.9 Å². The molecule has 6 rings (SSSR count). The van der Waals surface area contributed by atoms with Crippen LogP contribution in [0, 0.1) is 5.82 Å². The van der Waals surface area contributed by atoms with Crippen LogP contribution >= 0.6 is 0 Å². The lowest BCUT2D eigenvalue weighted by Crippen LogP contribution is -2.59. The van der Waals surface area contributed by atoms with Crippen molar-refractivity contribution in [1.29, 1.82) is 0 Å². The summed E-state index contributed by atoms with van der Waals surface area (Å²) < 4.78 is 14.3. The summed E-state index contributed by atoms with van der Waals surface area (Å²) in [5, 5.41) is 6.73. The summed E-state index contributed by atoms with van der Waals surface area (Å²) in [5.74, 6) is 0.445. The van der Waals surface area contributed by atoms with Gasteiger partial charge in [0.25, 0.3) is 0 Å². The fourth-order valence-corrected chi connectivity index (χ4v) is 6.90. The number of amides is 2. The number of nitrogens with one attached hydrogen (secondary N) is 2. The minimum atomic E-state index is -0.591. The number of aliphatic imine (C=N–C) groups is 1. The van der Waals surface area contributed by atoms with Crippen molar-refractivity contribution in [1.82, 2.24) is 10.2 Å². The van der Waals surface area contributed by atoms with Gasteiger partial charge in [-0.1, -0.05) is 43.5 Å². The fraction of sp³-hybridized carbons (Fsp3) is 0.500. The van der Waals surface area contributed by atoms with Crippen molar-refractivity contribution in [3.63, 3.8) is 0 Å². The number of likely N-dealkylation sites (tertiary alicyclic amines) is 1. The van der Waals surface area contributed by atoms with Gasteiger partial charge < -0.3 is 5.32 Å². The second-order valence-electron chi connectivity index (χ2n) is 12.4. The van der Waals surface area contributed by atoms with Gasteiger partial charge >= 0.3 is 6.03 Å². The summed E-state index contributed by atoms with van der Waals surface area (Å²) in [7, 11) is 0. The molecule has 0 unspecified atom stereocenters. The second-order valence-corrected chi connectivity index (χ2v) is 12.4. The van der Waals surface area contributed by atoms with Crippen LogP contribution in [0.1, 0.15) is 76.8 Å². The molecule has 3 fully saturated rings. The van der Waals surface area contributed by atoms with Crippen LogP contribution in [0.2, 0.25) is 0 Å². The third kappa shape index (κ3) is 5.09. The average Bonchev–Trinajstić information content (AvgIpc) is 3.15. The third-order valence-electron chi connectivity index (χ3n) is 8.96. The van der Waals surface area contributed by atoms with Gasteiger partial charge in [-0.15, -0.1) is 0 Å². The SMILES string of the molecule is C[C@H]1C[C@]2(CCN1Cc1ccc3c(c1)C=CC(C)(C)N3)C(=NC1CCCCC1)NC(=O)N2c1cccc(F)c1. The Hall–Kier alpha value is -3.19. The first-order chi connectivity index (χ1) is 18.7. The van der Waals surface area contributed by atoms with Crippen LogP contribution < -0.4 is 15.5 Å². The summed E-state index contributed by atoms with van der Waals surface area (Å²) in [5.41, 5.74) is 3.63. The van der Waals surface area contributed by atoms with E-state index in [1.165, 1.54) is 48.2 Å². The number of benzene rings is 2. The first kappa shape index (κ1) is 26.1. The number of halogens is 1. The van der Waals surface area contributed by atoms with Gasteiger partial charge in [0.05, 0.1) is 11.6 Å². The molecule has 1 aliphatic carbocycles. The first-order valence-electron chi connectivity index (χ1n) is 14.5. The summed E-state index contributed by atoms with van der Waals surface area (Å²) in [6, 6.07) is 13.3. The molecule has 1 saturated carbocycles. The molecular weight excluding hydrogens is 489 g/mol. The van der Waals surface area contributed by atoms with E-state index < -0.39 is 5.54 Å². The number of hydrogen-bond acceptors (Lipinski definition) is 4. The van der Waals surface area contributed by atoms with E-state index in [0.717, 1.165) is 44.6 Å². The minimum absolute atomic E-state index is 0.0403. The van der Waals surface area contributed by atoms with Crippen LogP contribution in [-0.2, 0) is 6.54 Å². The second kappa shape index (κ2) is 10.1. The molecule has 0 aromatic heterocycles. The fourth-order valence-electron chi connectivity index (χ4n) is 6.90. The third-order valence-corrected chi connectivity index (χ3v) is 8.96. The van der Waals surface area contributed by atoms with E-state index in [9.17, 15) is 9.18 Å². The molecule has 2 amide bonds. The van der Waals surface area contributed by atoms with Crippen LogP contribution in [0.3, 0.4) is 0 Å². The van der Waals surface area contributed by atoms with Gasteiger partial charge in [0.1, 0.15) is 17.2 Å². The molecule has 3 heterocycles. The highest BCUT2D eigenvalue weighted by Gasteiger charge is 2.54. The van der Waals surface area contributed by atoms with Crippen LogP contribution in [0.4, 0.5) is 20.6 Å². The molecule has 7 heteroatoms. The van der Waals surface area contributed by atoms with Gasteiger partial charge in [0, 0.05) is 30.5 Å². The zero-order chi connectivity index (χ0) is 27.2. The summed E-state index contributed by atoms with van der Waals surface area (Å²) in [6.45, 7) is 8.26. The van der Waals surface area contributed by atoms with Crippen LogP contribution in [0.15, 0.2) is 53.5 Å². The summed E-state index contributed by atoms with van der Waals surface area (Å²) in [6.07, 6.45) is 11.7. The Balaban J connectivity index is 1.27. The molecule has 2 saturated heterocycles. The molecule has 2 aromatic carbocycles. The molecule has 0 bridgehead atoms. The van der Waals surface area contributed by atoms with Gasteiger partial charge in [-0.3, -0.25) is 20.1 Å². The molecule has 2 N–H and O–H groups in total. The molecule has 0 radical (unpaired) electrons. The average molecular weight is 530 g/mol. The number of nitrogens with zero attached hydrogens (tertiary/aromatic N) is 3. The number of carbonyl (C=O) groups excluding carboxylic acids is 1. The van der Waals surface area contributed by atoms with E-state index in [1.807, 2.05) is 6.07 Å². The Morgan fingerprint density at radius 1 is 1.10 bits per heavy atom. The highest BCUT2D eigenvalue weighted by molar-refractivity contribution is 6.19. The monoisotopic (exact) mass is 529 g/mol. The Labute approximate surface area is 231 Å². The Bertz CT molecular complexity index is 1310. The van der Waals surface area contributed by atoms with Crippen molar-refractivity contribution in [2.75, 3.05) is 16.8 Å². The number of rotatable bonds is 4. The maximum atomic E-state index is 14.3. The molecule has 39 heavy (non-hydrogen) atoms. The van der Waals surface area contributed by atoms with Gasteiger partial charge in [-0.25, -0.2) is 9.18 Å². The molecule has 2 aromatic rings. The van der Waals surface area contributed by atoms with Crippen molar-refractivity contribution in [2.24, 2.45) is 4.99 Å². The Kier molecular flexibility index (Phi) is 6.74. The molecule has 1 spiro atoms.